The van der Waals surface area contributed by atoms with Crippen molar-refractivity contribution in [2.75, 3.05) is 31.1 Å². The lowest BCUT2D eigenvalue weighted by atomic mass is 10.2. The smallest absolute Gasteiger partial charge is 0.228 e. The van der Waals surface area contributed by atoms with Crippen LogP contribution < -0.4 is 4.90 Å². The van der Waals surface area contributed by atoms with Crippen LogP contribution in [-0.2, 0) is 11.2 Å². The minimum absolute atomic E-state index is 0.0784. The van der Waals surface area contributed by atoms with Crippen molar-refractivity contribution in [3.8, 4) is 11.3 Å². The maximum atomic E-state index is 14.0. The van der Waals surface area contributed by atoms with Gasteiger partial charge in [0.15, 0.2) is 4.96 Å². The standard InChI is InChI=1S/C23H20ClFN4OS/c24-17-7-5-16(6-8-17)20-14-29-18(15-31-23(29)26-20)13-22(30)28-11-9-27(10-12-28)21-4-2-1-3-19(21)25/h1-8,14-15H,9-13H2. The summed E-state index contributed by atoms with van der Waals surface area (Å²) in [4.78, 5) is 22.3. The molecule has 4 aromatic rings. The van der Waals surface area contributed by atoms with Gasteiger partial charge in [0.25, 0.3) is 0 Å². The zero-order valence-corrected chi connectivity index (χ0v) is 18.2. The first kappa shape index (κ1) is 20.0. The van der Waals surface area contributed by atoms with Crippen molar-refractivity contribution in [3.05, 3.63) is 76.6 Å². The van der Waals surface area contributed by atoms with Gasteiger partial charge < -0.3 is 9.80 Å². The monoisotopic (exact) mass is 454 g/mol. The number of thiazole rings is 1. The average Bonchev–Trinajstić information content (AvgIpc) is 3.37. The van der Waals surface area contributed by atoms with Crippen molar-refractivity contribution < 1.29 is 9.18 Å². The number of halogens is 2. The molecule has 1 aliphatic heterocycles. The lowest BCUT2D eigenvalue weighted by molar-refractivity contribution is -0.130. The molecule has 1 fully saturated rings. The Morgan fingerprint density at radius 1 is 1.06 bits per heavy atom. The second kappa shape index (κ2) is 8.32. The number of benzene rings is 2. The van der Waals surface area contributed by atoms with Crippen LogP contribution >= 0.6 is 22.9 Å². The fourth-order valence-corrected chi connectivity index (χ4v) is 4.89. The van der Waals surface area contributed by atoms with Gasteiger partial charge in [0.2, 0.25) is 5.91 Å². The number of fused-ring (bicyclic) bond motifs is 1. The summed E-state index contributed by atoms with van der Waals surface area (Å²) < 4.78 is 16.0. The van der Waals surface area contributed by atoms with Crippen LogP contribution in [0.3, 0.4) is 0 Å². The molecule has 5 nitrogen and oxygen atoms in total. The third-order valence-corrected chi connectivity index (χ3v) is 6.72. The number of aromatic nitrogens is 2. The van der Waals surface area contributed by atoms with Crippen molar-refractivity contribution in [3.63, 3.8) is 0 Å². The van der Waals surface area contributed by atoms with Crippen molar-refractivity contribution in [1.82, 2.24) is 14.3 Å². The highest BCUT2D eigenvalue weighted by Crippen LogP contribution is 2.26. The lowest BCUT2D eigenvalue weighted by Gasteiger charge is -2.36. The van der Waals surface area contributed by atoms with Crippen LogP contribution in [0, 0.1) is 5.82 Å². The van der Waals surface area contributed by atoms with E-state index in [0.717, 1.165) is 21.9 Å². The van der Waals surface area contributed by atoms with Crippen LogP contribution in [0.5, 0.6) is 0 Å². The summed E-state index contributed by atoms with van der Waals surface area (Å²) in [5, 5.41) is 2.67. The number of hydrogen-bond acceptors (Lipinski definition) is 4. The Labute approximate surface area is 188 Å². The molecule has 31 heavy (non-hydrogen) atoms. The molecule has 0 bridgehead atoms. The zero-order valence-electron chi connectivity index (χ0n) is 16.7. The normalized spacial score (nSPS) is 14.4. The summed E-state index contributed by atoms with van der Waals surface area (Å²) in [6.45, 7) is 2.41. The van der Waals surface area contributed by atoms with Gasteiger partial charge in [0.05, 0.1) is 17.8 Å². The van der Waals surface area contributed by atoms with E-state index in [-0.39, 0.29) is 11.7 Å². The molecule has 1 aliphatic rings. The number of para-hydroxylation sites is 1. The van der Waals surface area contributed by atoms with E-state index < -0.39 is 0 Å². The van der Waals surface area contributed by atoms with Crippen molar-refractivity contribution in [2.45, 2.75) is 6.42 Å². The molecule has 8 heteroatoms. The van der Waals surface area contributed by atoms with Crippen molar-refractivity contribution >= 4 is 39.5 Å². The first-order valence-electron chi connectivity index (χ1n) is 10.1. The third-order valence-electron chi connectivity index (χ3n) is 5.58. The molecule has 2 aromatic heterocycles. The number of carbonyl (C=O) groups is 1. The number of piperazine rings is 1. The number of nitrogens with zero attached hydrogens (tertiary/aromatic N) is 4. The Morgan fingerprint density at radius 2 is 1.81 bits per heavy atom. The summed E-state index contributed by atoms with van der Waals surface area (Å²) in [5.41, 5.74) is 3.37. The predicted molar refractivity (Wildman–Crippen MR) is 122 cm³/mol. The van der Waals surface area contributed by atoms with E-state index in [9.17, 15) is 9.18 Å². The molecule has 0 N–H and O–H groups in total. The van der Waals surface area contributed by atoms with Gasteiger partial charge in [-0.05, 0) is 24.3 Å². The van der Waals surface area contributed by atoms with E-state index in [0.29, 0.717) is 43.3 Å². The molecule has 0 atom stereocenters. The van der Waals surface area contributed by atoms with Crippen LogP contribution in [0.15, 0.2) is 60.1 Å². The highest BCUT2D eigenvalue weighted by Gasteiger charge is 2.23. The van der Waals surface area contributed by atoms with Crippen LogP contribution in [0.4, 0.5) is 10.1 Å². The van der Waals surface area contributed by atoms with E-state index >= 15 is 0 Å². The molecule has 0 spiro atoms. The number of rotatable bonds is 4. The minimum atomic E-state index is -0.223. The number of anilines is 1. The quantitative estimate of drug-likeness (QED) is 0.447. The summed E-state index contributed by atoms with van der Waals surface area (Å²) in [7, 11) is 0. The van der Waals surface area contributed by atoms with E-state index in [1.54, 1.807) is 12.1 Å². The molecular weight excluding hydrogens is 435 g/mol. The Balaban J connectivity index is 1.26. The van der Waals surface area contributed by atoms with Gasteiger partial charge in [-0.2, -0.15) is 0 Å². The highest BCUT2D eigenvalue weighted by molar-refractivity contribution is 7.15. The van der Waals surface area contributed by atoms with Crippen LogP contribution in [0.2, 0.25) is 5.02 Å². The molecule has 5 rings (SSSR count). The molecule has 2 aromatic carbocycles. The minimum Gasteiger partial charge on any atom is -0.366 e. The number of carbonyl (C=O) groups excluding carboxylic acids is 1. The fourth-order valence-electron chi connectivity index (χ4n) is 3.89. The first-order chi connectivity index (χ1) is 15.1. The number of hydrogen-bond donors (Lipinski definition) is 0. The lowest BCUT2D eigenvalue weighted by Crippen LogP contribution is -2.49. The summed E-state index contributed by atoms with van der Waals surface area (Å²) in [5.74, 6) is -0.144. The van der Waals surface area contributed by atoms with Gasteiger partial charge in [0, 0.05) is 54.0 Å². The predicted octanol–water partition coefficient (Wildman–Crippen LogP) is 4.75. The molecule has 158 valence electrons. The van der Waals surface area contributed by atoms with E-state index in [2.05, 4.69) is 4.98 Å². The molecule has 0 radical (unpaired) electrons. The number of imidazole rings is 1. The molecule has 0 saturated carbocycles. The van der Waals surface area contributed by atoms with Gasteiger partial charge in [0.1, 0.15) is 5.82 Å². The van der Waals surface area contributed by atoms with Crippen LogP contribution in [0.25, 0.3) is 16.2 Å². The number of amides is 1. The Bertz CT molecular complexity index is 1230. The van der Waals surface area contributed by atoms with Gasteiger partial charge in [-0.3, -0.25) is 9.20 Å². The summed E-state index contributed by atoms with van der Waals surface area (Å²) in [6, 6.07) is 14.3. The second-order valence-electron chi connectivity index (χ2n) is 7.51. The molecule has 1 amide bonds. The van der Waals surface area contributed by atoms with Crippen molar-refractivity contribution in [1.29, 1.82) is 0 Å². The van der Waals surface area contributed by atoms with Gasteiger partial charge in [-0.25, -0.2) is 9.37 Å². The van der Waals surface area contributed by atoms with Gasteiger partial charge in [-0.1, -0.05) is 35.9 Å². The summed E-state index contributed by atoms with van der Waals surface area (Å²) in [6.07, 6.45) is 2.28. The molecular formula is C23H20ClFN4OS. The van der Waals surface area contributed by atoms with Crippen LogP contribution in [0.1, 0.15) is 5.69 Å². The summed E-state index contributed by atoms with van der Waals surface area (Å²) >= 11 is 7.50. The maximum absolute atomic E-state index is 14.0. The molecule has 0 aliphatic carbocycles. The first-order valence-corrected chi connectivity index (χ1v) is 11.3. The van der Waals surface area contributed by atoms with Crippen LogP contribution in [-0.4, -0.2) is 46.4 Å². The second-order valence-corrected chi connectivity index (χ2v) is 8.78. The zero-order chi connectivity index (χ0) is 21.4. The SMILES string of the molecule is O=C(Cc1csc2nc(-c3ccc(Cl)cc3)cn12)N1CCN(c2ccccc2F)CC1. The van der Waals surface area contributed by atoms with Crippen molar-refractivity contribution in [2.24, 2.45) is 0 Å². The Morgan fingerprint density at radius 3 is 2.55 bits per heavy atom. The Kier molecular flexibility index (Phi) is 5.38. The van der Waals surface area contributed by atoms with E-state index in [4.69, 9.17) is 11.6 Å². The van der Waals surface area contributed by atoms with E-state index in [1.807, 2.05) is 56.1 Å². The average molecular weight is 455 g/mol. The highest BCUT2D eigenvalue weighted by atomic mass is 35.5. The molecule has 3 heterocycles. The maximum Gasteiger partial charge on any atom is 0.228 e. The van der Waals surface area contributed by atoms with Gasteiger partial charge >= 0.3 is 0 Å². The third kappa shape index (κ3) is 4.03. The van der Waals surface area contributed by atoms with E-state index in [1.165, 1.54) is 17.4 Å². The molecule has 0 unspecified atom stereocenters. The molecule has 1 saturated heterocycles. The fraction of sp³-hybridized carbons (Fsp3) is 0.217. The van der Waals surface area contributed by atoms with Gasteiger partial charge in [-0.15, -0.1) is 11.3 Å². The Hall–Kier alpha value is -2.90. The topological polar surface area (TPSA) is 40.9 Å². The largest absolute Gasteiger partial charge is 0.366 e.